The van der Waals surface area contributed by atoms with Crippen LogP contribution in [0.2, 0.25) is 0 Å². The first-order chi connectivity index (χ1) is 10.1. The Morgan fingerprint density at radius 3 is 2.64 bits per heavy atom. The number of carbonyl (C=O) groups is 1. The molecule has 1 fully saturated rings. The van der Waals surface area contributed by atoms with Gasteiger partial charge in [0.2, 0.25) is 0 Å². The number of nitrogens with zero attached hydrogens (tertiary/aromatic N) is 1. The zero-order chi connectivity index (χ0) is 16.5. The number of hydrogen-bond acceptors (Lipinski definition) is 4. The van der Waals surface area contributed by atoms with Crippen LogP contribution in [0.1, 0.15) is 44.8 Å². The third-order valence-corrected chi connectivity index (χ3v) is 6.88. The third-order valence-electron chi connectivity index (χ3n) is 4.27. The van der Waals surface area contributed by atoms with E-state index in [1.807, 2.05) is 26.0 Å². The van der Waals surface area contributed by atoms with E-state index in [4.69, 9.17) is 4.42 Å². The molecule has 0 unspecified atom stereocenters. The molecule has 0 aromatic carbocycles. The van der Waals surface area contributed by atoms with E-state index in [-0.39, 0.29) is 24.4 Å². The molecular weight excluding hydrogens is 304 g/mol. The quantitative estimate of drug-likeness (QED) is 0.903. The maximum absolute atomic E-state index is 12.3. The van der Waals surface area contributed by atoms with Crippen molar-refractivity contribution in [2.45, 2.75) is 44.9 Å². The fraction of sp³-hybridized carbons (Fsp3) is 0.667. The summed E-state index contributed by atoms with van der Waals surface area (Å²) in [5.74, 6) is 1.48. The van der Waals surface area contributed by atoms with Gasteiger partial charge in [-0.05, 0) is 46.2 Å². The summed E-state index contributed by atoms with van der Waals surface area (Å²) in [6, 6.07) is 3.17. The predicted molar refractivity (Wildman–Crippen MR) is 84.4 cm³/mol. The molecule has 6 nitrogen and oxygen atoms in total. The Kier molecular flexibility index (Phi) is 4.56. The highest BCUT2D eigenvalue weighted by atomic mass is 32.2. The monoisotopic (exact) mass is 328 g/mol. The third kappa shape index (κ3) is 3.45. The molecule has 0 radical (unpaired) electrons. The molecule has 1 saturated heterocycles. The Hall–Kier alpha value is -1.50. The Morgan fingerprint density at radius 2 is 2.05 bits per heavy atom. The average molecular weight is 328 g/mol. The van der Waals surface area contributed by atoms with Gasteiger partial charge in [0, 0.05) is 13.1 Å². The Bertz CT molecular complexity index is 648. The van der Waals surface area contributed by atoms with Crippen LogP contribution in [0, 0.1) is 6.92 Å². The normalized spacial score (nSPS) is 21.9. The summed E-state index contributed by atoms with van der Waals surface area (Å²) in [6.45, 7) is 7.79. The summed E-state index contributed by atoms with van der Waals surface area (Å²) in [5.41, 5.74) is 0. The molecule has 2 heterocycles. The number of hydrogen-bond donors (Lipinski definition) is 1. The molecule has 0 aliphatic carbocycles. The fourth-order valence-corrected chi connectivity index (χ4v) is 3.83. The van der Waals surface area contributed by atoms with E-state index < -0.39 is 14.6 Å². The van der Waals surface area contributed by atoms with Crippen LogP contribution in [0.4, 0.5) is 4.79 Å². The molecule has 124 valence electrons. The number of nitrogens with one attached hydrogen (secondary N) is 1. The minimum Gasteiger partial charge on any atom is -0.464 e. The standard InChI is InChI=1S/C15H24N2O4S/c1-11-5-6-13(21-11)12(2)16-14(18)17-8-7-15(3,4)22(19,20)10-9-17/h5-6,12H,7-10H2,1-4H3,(H,16,18)/t12-/m1/s1. The first-order valence-corrected chi connectivity index (χ1v) is 9.12. The zero-order valence-electron chi connectivity index (χ0n) is 13.5. The van der Waals surface area contributed by atoms with Crippen molar-refractivity contribution in [2.75, 3.05) is 18.8 Å². The van der Waals surface area contributed by atoms with E-state index in [2.05, 4.69) is 5.32 Å². The molecule has 2 amide bonds. The summed E-state index contributed by atoms with van der Waals surface area (Å²) in [7, 11) is -3.18. The number of aryl methyl sites for hydroxylation is 1. The zero-order valence-corrected chi connectivity index (χ0v) is 14.4. The first-order valence-electron chi connectivity index (χ1n) is 7.46. The van der Waals surface area contributed by atoms with Gasteiger partial charge < -0.3 is 14.6 Å². The average Bonchev–Trinajstić information content (AvgIpc) is 2.80. The van der Waals surface area contributed by atoms with Crippen LogP contribution in [-0.4, -0.2) is 42.9 Å². The number of sulfone groups is 1. The second-order valence-corrected chi connectivity index (χ2v) is 9.18. The highest BCUT2D eigenvalue weighted by Gasteiger charge is 2.38. The molecule has 2 rings (SSSR count). The summed E-state index contributed by atoms with van der Waals surface area (Å²) < 4.78 is 29.0. The minimum absolute atomic E-state index is 0.00165. The number of urea groups is 1. The lowest BCUT2D eigenvalue weighted by atomic mass is 10.1. The van der Waals surface area contributed by atoms with Gasteiger partial charge in [-0.2, -0.15) is 0 Å². The van der Waals surface area contributed by atoms with Crippen LogP contribution in [0.15, 0.2) is 16.5 Å². The largest absolute Gasteiger partial charge is 0.464 e. The van der Waals surface area contributed by atoms with Crippen LogP contribution in [0.5, 0.6) is 0 Å². The summed E-state index contributed by atoms with van der Waals surface area (Å²) >= 11 is 0. The molecule has 1 atom stereocenters. The molecule has 1 aromatic heterocycles. The van der Waals surface area contributed by atoms with Crippen LogP contribution in [0.25, 0.3) is 0 Å². The van der Waals surface area contributed by atoms with E-state index in [0.29, 0.717) is 18.7 Å². The smallest absolute Gasteiger partial charge is 0.318 e. The summed E-state index contributed by atoms with van der Waals surface area (Å²) in [6.07, 6.45) is 0.441. The SMILES string of the molecule is Cc1ccc([C@@H](C)NC(=O)N2CCC(C)(C)S(=O)(=O)CC2)o1. The van der Waals surface area contributed by atoms with Crippen molar-refractivity contribution in [3.05, 3.63) is 23.7 Å². The van der Waals surface area contributed by atoms with Gasteiger partial charge in [-0.1, -0.05) is 0 Å². The Labute approximate surface area is 131 Å². The highest BCUT2D eigenvalue weighted by Crippen LogP contribution is 2.25. The van der Waals surface area contributed by atoms with Crippen molar-refractivity contribution in [3.8, 4) is 0 Å². The van der Waals surface area contributed by atoms with Gasteiger partial charge in [-0.3, -0.25) is 0 Å². The van der Waals surface area contributed by atoms with Gasteiger partial charge in [0.25, 0.3) is 0 Å². The molecule has 0 bridgehead atoms. The second-order valence-electron chi connectivity index (χ2n) is 6.44. The van der Waals surface area contributed by atoms with Crippen LogP contribution < -0.4 is 5.32 Å². The van der Waals surface area contributed by atoms with Gasteiger partial charge in [-0.25, -0.2) is 13.2 Å². The minimum atomic E-state index is -3.18. The van der Waals surface area contributed by atoms with E-state index in [0.717, 1.165) is 5.76 Å². The lowest BCUT2D eigenvalue weighted by molar-refractivity contribution is 0.195. The molecule has 1 aromatic rings. The van der Waals surface area contributed by atoms with Crippen LogP contribution in [0.3, 0.4) is 0 Å². The number of carbonyl (C=O) groups excluding carboxylic acids is 1. The Morgan fingerprint density at radius 1 is 1.36 bits per heavy atom. The number of amides is 2. The first kappa shape index (κ1) is 16.9. The van der Waals surface area contributed by atoms with Crippen molar-refractivity contribution in [3.63, 3.8) is 0 Å². The molecule has 7 heteroatoms. The van der Waals surface area contributed by atoms with E-state index in [9.17, 15) is 13.2 Å². The van der Waals surface area contributed by atoms with Crippen molar-refractivity contribution in [1.82, 2.24) is 10.2 Å². The second kappa shape index (κ2) is 5.95. The molecule has 1 aliphatic heterocycles. The van der Waals surface area contributed by atoms with Crippen molar-refractivity contribution >= 4 is 15.9 Å². The summed E-state index contributed by atoms with van der Waals surface area (Å²) in [4.78, 5) is 13.9. The maximum atomic E-state index is 12.3. The van der Waals surface area contributed by atoms with Crippen LogP contribution in [-0.2, 0) is 9.84 Å². The fourth-order valence-electron chi connectivity index (χ4n) is 2.42. The molecular formula is C15H24N2O4S. The van der Waals surface area contributed by atoms with Crippen molar-refractivity contribution < 1.29 is 17.6 Å². The lowest BCUT2D eigenvalue weighted by Gasteiger charge is -2.24. The van der Waals surface area contributed by atoms with Gasteiger partial charge in [0.15, 0.2) is 9.84 Å². The molecule has 0 saturated carbocycles. The molecule has 1 N–H and O–H groups in total. The number of furan rings is 1. The topological polar surface area (TPSA) is 79.6 Å². The van der Waals surface area contributed by atoms with E-state index in [1.165, 1.54) is 0 Å². The lowest BCUT2D eigenvalue weighted by Crippen LogP contribution is -2.42. The molecule has 0 spiro atoms. The van der Waals surface area contributed by atoms with Gasteiger partial charge in [-0.15, -0.1) is 0 Å². The van der Waals surface area contributed by atoms with Gasteiger partial charge >= 0.3 is 6.03 Å². The van der Waals surface area contributed by atoms with Gasteiger partial charge in [0.05, 0.1) is 16.5 Å². The molecule has 1 aliphatic rings. The number of rotatable bonds is 2. The van der Waals surface area contributed by atoms with Crippen molar-refractivity contribution in [1.29, 1.82) is 0 Å². The van der Waals surface area contributed by atoms with E-state index >= 15 is 0 Å². The highest BCUT2D eigenvalue weighted by molar-refractivity contribution is 7.92. The predicted octanol–water partition coefficient (Wildman–Crippen LogP) is 2.26. The summed E-state index contributed by atoms with van der Waals surface area (Å²) in [5, 5.41) is 2.86. The molecule has 22 heavy (non-hydrogen) atoms. The van der Waals surface area contributed by atoms with Crippen LogP contribution >= 0.6 is 0 Å². The van der Waals surface area contributed by atoms with Gasteiger partial charge in [0.1, 0.15) is 11.5 Å². The Balaban J connectivity index is 2.01. The maximum Gasteiger partial charge on any atom is 0.318 e. The van der Waals surface area contributed by atoms with E-state index in [1.54, 1.807) is 18.7 Å². The van der Waals surface area contributed by atoms with Crippen molar-refractivity contribution in [2.24, 2.45) is 0 Å².